The molecule has 20 heavy (non-hydrogen) atoms. The van der Waals surface area contributed by atoms with Gasteiger partial charge in [0, 0.05) is 32.6 Å². The van der Waals surface area contributed by atoms with Gasteiger partial charge in [-0.3, -0.25) is 9.69 Å². The maximum absolute atomic E-state index is 11.1. The molecule has 0 amide bonds. The van der Waals surface area contributed by atoms with Crippen molar-refractivity contribution in [1.82, 2.24) is 4.90 Å². The van der Waals surface area contributed by atoms with Crippen LogP contribution in [0.3, 0.4) is 0 Å². The van der Waals surface area contributed by atoms with E-state index in [1.165, 1.54) is 7.11 Å². The number of methoxy groups -OCH3 is 1. The molecule has 110 valence electrons. The van der Waals surface area contributed by atoms with Crippen LogP contribution in [0.15, 0.2) is 24.3 Å². The Hall–Kier alpha value is -1.75. The molecule has 1 heterocycles. The lowest BCUT2D eigenvalue weighted by atomic mass is 10.2. The fourth-order valence-electron chi connectivity index (χ4n) is 2.54. The highest BCUT2D eigenvalue weighted by Crippen LogP contribution is 2.23. The standard InChI is InChI=1S/C15H23N3O2/c1-20-15(19)7-4-8-17-9-11-18(12-10-17)14-6-3-2-5-13(14)16/h2-3,5-6H,4,7-12,16H2,1H3. The number of esters is 1. The Morgan fingerprint density at radius 1 is 1.25 bits per heavy atom. The number of ether oxygens (including phenoxy) is 1. The zero-order valence-electron chi connectivity index (χ0n) is 12.0. The summed E-state index contributed by atoms with van der Waals surface area (Å²) in [4.78, 5) is 15.8. The van der Waals surface area contributed by atoms with Gasteiger partial charge in [-0.15, -0.1) is 0 Å². The number of carbonyl (C=O) groups is 1. The summed E-state index contributed by atoms with van der Waals surface area (Å²) in [7, 11) is 1.44. The highest BCUT2D eigenvalue weighted by molar-refractivity contribution is 5.69. The molecule has 0 spiro atoms. The fraction of sp³-hybridized carbons (Fsp3) is 0.533. The lowest BCUT2D eigenvalue weighted by molar-refractivity contribution is -0.140. The van der Waals surface area contributed by atoms with Gasteiger partial charge in [0.05, 0.1) is 18.5 Å². The second-order valence-corrected chi connectivity index (χ2v) is 5.07. The first-order valence-electron chi connectivity index (χ1n) is 7.09. The van der Waals surface area contributed by atoms with E-state index < -0.39 is 0 Å². The minimum atomic E-state index is -0.124. The molecule has 5 nitrogen and oxygen atoms in total. The zero-order valence-corrected chi connectivity index (χ0v) is 12.0. The van der Waals surface area contributed by atoms with Crippen LogP contribution in [0.25, 0.3) is 0 Å². The molecule has 2 N–H and O–H groups in total. The van der Waals surface area contributed by atoms with Gasteiger partial charge in [0.1, 0.15) is 0 Å². The van der Waals surface area contributed by atoms with Gasteiger partial charge < -0.3 is 15.4 Å². The summed E-state index contributed by atoms with van der Waals surface area (Å²) in [6.45, 7) is 4.93. The number of hydrogen-bond acceptors (Lipinski definition) is 5. The van der Waals surface area contributed by atoms with E-state index in [1.807, 2.05) is 18.2 Å². The number of para-hydroxylation sites is 2. The molecule has 1 saturated heterocycles. The number of nitrogens with zero attached hydrogens (tertiary/aromatic N) is 2. The number of nitrogens with two attached hydrogens (primary N) is 1. The van der Waals surface area contributed by atoms with Gasteiger partial charge in [-0.2, -0.15) is 0 Å². The summed E-state index contributed by atoms with van der Waals surface area (Å²) in [6, 6.07) is 8.00. The molecule has 1 aromatic carbocycles. The van der Waals surface area contributed by atoms with Crippen molar-refractivity contribution in [3.63, 3.8) is 0 Å². The minimum Gasteiger partial charge on any atom is -0.469 e. The van der Waals surface area contributed by atoms with Crippen LogP contribution in [-0.4, -0.2) is 50.7 Å². The average Bonchev–Trinajstić information content (AvgIpc) is 2.48. The molecule has 1 aliphatic heterocycles. The van der Waals surface area contributed by atoms with E-state index >= 15 is 0 Å². The number of nitrogen functional groups attached to an aromatic ring is 1. The van der Waals surface area contributed by atoms with Gasteiger partial charge in [-0.05, 0) is 25.1 Å². The molecule has 1 fully saturated rings. The van der Waals surface area contributed by atoms with Crippen molar-refractivity contribution in [2.45, 2.75) is 12.8 Å². The third-order valence-electron chi connectivity index (χ3n) is 3.73. The van der Waals surface area contributed by atoms with Crippen molar-refractivity contribution < 1.29 is 9.53 Å². The van der Waals surface area contributed by atoms with Crippen LogP contribution in [-0.2, 0) is 9.53 Å². The lowest BCUT2D eigenvalue weighted by Gasteiger charge is -2.36. The van der Waals surface area contributed by atoms with Gasteiger partial charge in [0.2, 0.25) is 0 Å². The third-order valence-corrected chi connectivity index (χ3v) is 3.73. The van der Waals surface area contributed by atoms with Crippen LogP contribution in [0.2, 0.25) is 0 Å². The Labute approximate surface area is 120 Å². The predicted molar refractivity (Wildman–Crippen MR) is 80.8 cm³/mol. The van der Waals surface area contributed by atoms with Gasteiger partial charge in [-0.1, -0.05) is 12.1 Å². The van der Waals surface area contributed by atoms with Crippen molar-refractivity contribution in [3.8, 4) is 0 Å². The average molecular weight is 277 g/mol. The Kier molecular flexibility index (Phi) is 5.24. The largest absolute Gasteiger partial charge is 0.469 e. The molecule has 1 aliphatic rings. The van der Waals surface area contributed by atoms with E-state index in [9.17, 15) is 4.79 Å². The van der Waals surface area contributed by atoms with E-state index in [4.69, 9.17) is 5.73 Å². The third kappa shape index (κ3) is 3.87. The van der Waals surface area contributed by atoms with Crippen molar-refractivity contribution in [1.29, 1.82) is 0 Å². The Morgan fingerprint density at radius 2 is 1.95 bits per heavy atom. The first kappa shape index (κ1) is 14.7. The number of benzene rings is 1. The summed E-state index contributed by atoms with van der Waals surface area (Å²) < 4.78 is 4.65. The van der Waals surface area contributed by atoms with Gasteiger partial charge >= 0.3 is 5.97 Å². The summed E-state index contributed by atoms with van der Waals surface area (Å²) in [5, 5.41) is 0. The van der Waals surface area contributed by atoms with Crippen LogP contribution < -0.4 is 10.6 Å². The first-order chi connectivity index (χ1) is 9.70. The zero-order chi connectivity index (χ0) is 14.4. The molecule has 0 unspecified atom stereocenters. The smallest absolute Gasteiger partial charge is 0.305 e. The van der Waals surface area contributed by atoms with Crippen LogP contribution in [0, 0.1) is 0 Å². The van der Waals surface area contributed by atoms with Crippen molar-refractivity contribution in [3.05, 3.63) is 24.3 Å². The van der Waals surface area contributed by atoms with E-state index in [0.29, 0.717) is 6.42 Å². The Balaban J connectivity index is 1.75. The van der Waals surface area contributed by atoms with E-state index in [0.717, 1.165) is 50.5 Å². The highest BCUT2D eigenvalue weighted by atomic mass is 16.5. The fourth-order valence-corrected chi connectivity index (χ4v) is 2.54. The van der Waals surface area contributed by atoms with Crippen molar-refractivity contribution >= 4 is 17.3 Å². The SMILES string of the molecule is COC(=O)CCCN1CCN(c2ccccc2N)CC1. The Morgan fingerprint density at radius 3 is 2.60 bits per heavy atom. The molecule has 0 bridgehead atoms. The van der Waals surface area contributed by atoms with Gasteiger partial charge in [0.15, 0.2) is 0 Å². The molecule has 1 aromatic rings. The summed E-state index contributed by atoms with van der Waals surface area (Å²) in [5.74, 6) is -0.124. The topological polar surface area (TPSA) is 58.8 Å². The lowest BCUT2D eigenvalue weighted by Crippen LogP contribution is -2.46. The molecule has 0 aliphatic carbocycles. The van der Waals surface area contributed by atoms with Crippen LogP contribution in [0.1, 0.15) is 12.8 Å². The van der Waals surface area contributed by atoms with E-state index in [1.54, 1.807) is 0 Å². The number of anilines is 2. The molecular formula is C15H23N3O2. The van der Waals surface area contributed by atoms with E-state index in [2.05, 4.69) is 20.6 Å². The molecule has 0 saturated carbocycles. The first-order valence-corrected chi connectivity index (χ1v) is 7.09. The maximum Gasteiger partial charge on any atom is 0.305 e. The van der Waals surface area contributed by atoms with Gasteiger partial charge in [0.25, 0.3) is 0 Å². The second-order valence-electron chi connectivity index (χ2n) is 5.07. The van der Waals surface area contributed by atoms with Gasteiger partial charge in [-0.25, -0.2) is 0 Å². The van der Waals surface area contributed by atoms with E-state index in [-0.39, 0.29) is 5.97 Å². The van der Waals surface area contributed by atoms with Crippen LogP contribution >= 0.6 is 0 Å². The number of piperazine rings is 1. The minimum absolute atomic E-state index is 0.124. The normalized spacial score (nSPS) is 16.1. The summed E-state index contributed by atoms with van der Waals surface area (Å²) in [6.07, 6.45) is 1.36. The molecular weight excluding hydrogens is 254 g/mol. The predicted octanol–water partition coefficient (Wildman–Crippen LogP) is 1.34. The van der Waals surface area contributed by atoms with Crippen molar-refractivity contribution in [2.75, 3.05) is 50.5 Å². The molecule has 0 radical (unpaired) electrons. The second kappa shape index (κ2) is 7.14. The number of rotatable bonds is 5. The molecule has 2 rings (SSSR count). The van der Waals surface area contributed by atoms with Crippen LogP contribution in [0.4, 0.5) is 11.4 Å². The molecule has 5 heteroatoms. The Bertz CT molecular complexity index is 442. The molecule has 0 aromatic heterocycles. The molecule has 0 atom stereocenters. The van der Waals surface area contributed by atoms with Crippen molar-refractivity contribution in [2.24, 2.45) is 0 Å². The maximum atomic E-state index is 11.1. The quantitative estimate of drug-likeness (QED) is 0.650. The number of hydrogen-bond donors (Lipinski definition) is 1. The van der Waals surface area contributed by atoms with Crippen LogP contribution in [0.5, 0.6) is 0 Å². The monoisotopic (exact) mass is 277 g/mol. The summed E-state index contributed by atoms with van der Waals surface area (Å²) in [5.41, 5.74) is 7.97. The highest BCUT2D eigenvalue weighted by Gasteiger charge is 2.18. The number of carbonyl (C=O) groups excluding carboxylic acids is 1. The summed E-state index contributed by atoms with van der Waals surface area (Å²) >= 11 is 0.